The zero-order valence-electron chi connectivity index (χ0n) is 7.19. The first kappa shape index (κ1) is 13.9. The van der Waals surface area contributed by atoms with Gasteiger partial charge in [0.15, 0.2) is 0 Å². The molecular formula is C6H14N2O3S. The number of hydrogen-bond acceptors (Lipinski definition) is 4. The predicted octanol–water partition coefficient (Wildman–Crippen LogP) is 0.141. The minimum absolute atomic E-state index is 0.0880. The van der Waals surface area contributed by atoms with E-state index >= 15 is 0 Å². The maximum Gasteiger partial charge on any atom is 0.261 e. The van der Waals surface area contributed by atoms with Crippen molar-refractivity contribution in [3.63, 3.8) is 0 Å². The largest absolute Gasteiger partial charge is 0.327 e. The Bertz CT molecular complexity index is 222. The molecule has 0 unspecified atom stereocenters. The zero-order valence-corrected chi connectivity index (χ0v) is 8.00. The summed E-state index contributed by atoms with van der Waals surface area (Å²) < 4.78 is 25.9. The lowest BCUT2D eigenvalue weighted by atomic mass is 10.2. The van der Waals surface area contributed by atoms with Crippen molar-refractivity contribution in [2.75, 3.05) is 6.26 Å². The topological polar surface area (TPSA) is 104 Å². The molecule has 0 bridgehead atoms. The van der Waals surface area contributed by atoms with Crippen LogP contribution in [0, 0.1) is 11.3 Å². The number of nitriles is 1. The second-order valence-corrected chi connectivity index (χ2v) is 3.73. The highest BCUT2D eigenvalue weighted by Gasteiger charge is 1.93. The Morgan fingerprint density at radius 2 is 2.00 bits per heavy atom. The highest BCUT2D eigenvalue weighted by Crippen LogP contribution is 1.88. The van der Waals surface area contributed by atoms with Crippen LogP contribution in [0.15, 0.2) is 0 Å². The molecule has 0 radical (unpaired) electrons. The predicted molar refractivity (Wildman–Crippen MR) is 46.0 cm³/mol. The van der Waals surface area contributed by atoms with E-state index < -0.39 is 10.1 Å². The normalized spacial score (nSPS) is 12.2. The van der Waals surface area contributed by atoms with Gasteiger partial charge in [0, 0.05) is 6.04 Å². The van der Waals surface area contributed by atoms with Gasteiger partial charge >= 0.3 is 0 Å². The van der Waals surface area contributed by atoms with Crippen molar-refractivity contribution in [2.45, 2.75) is 25.8 Å². The second-order valence-electron chi connectivity index (χ2n) is 2.26. The quantitative estimate of drug-likeness (QED) is 0.608. The van der Waals surface area contributed by atoms with Crippen LogP contribution < -0.4 is 5.73 Å². The fourth-order valence-corrected chi connectivity index (χ4v) is 0.262. The van der Waals surface area contributed by atoms with Crippen molar-refractivity contribution in [3.8, 4) is 6.07 Å². The first-order chi connectivity index (χ1) is 5.31. The molecule has 0 aliphatic heterocycles. The van der Waals surface area contributed by atoms with Crippen LogP contribution in [0.5, 0.6) is 0 Å². The highest BCUT2D eigenvalue weighted by atomic mass is 32.2. The molecule has 12 heavy (non-hydrogen) atoms. The minimum atomic E-state index is -3.67. The van der Waals surface area contributed by atoms with Gasteiger partial charge in [-0.3, -0.25) is 4.55 Å². The third-order valence-electron chi connectivity index (χ3n) is 0.878. The first-order valence-electron chi connectivity index (χ1n) is 3.36. The molecule has 1 atom stereocenters. The van der Waals surface area contributed by atoms with Crippen molar-refractivity contribution in [2.24, 2.45) is 5.73 Å². The Kier molecular flexibility index (Phi) is 8.16. The highest BCUT2D eigenvalue weighted by molar-refractivity contribution is 7.85. The summed E-state index contributed by atoms with van der Waals surface area (Å²) in [5.74, 6) is 0. The molecule has 0 aromatic heterocycles. The van der Waals surface area contributed by atoms with E-state index in [9.17, 15) is 8.42 Å². The maximum absolute atomic E-state index is 9.19. The summed E-state index contributed by atoms with van der Waals surface area (Å²) in [4.78, 5) is 0. The van der Waals surface area contributed by atoms with E-state index in [1.807, 2.05) is 13.0 Å². The fraction of sp³-hybridized carbons (Fsp3) is 0.833. The monoisotopic (exact) mass is 194 g/mol. The summed E-state index contributed by atoms with van der Waals surface area (Å²) in [7, 11) is -3.67. The van der Waals surface area contributed by atoms with Gasteiger partial charge in [0.05, 0.1) is 18.7 Å². The summed E-state index contributed by atoms with van der Waals surface area (Å²) in [6.45, 7) is 1.97. The van der Waals surface area contributed by atoms with Crippen molar-refractivity contribution in [3.05, 3.63) is 0 Å². The summed E-state index contributed by atoms with van der Waals surface area (Å²) in [6, 6.07) is 2.08. The molecule has 0 aromatic rings. The summed E-state index contributed by atoms with van der Waals surface area (Å²) in [6.07, 6.45) is 2.09. The molecule has 0 amide bonds. The van der Waals surface area contributed by atoms with Gasteiger partial charge < -0.3 is 5.73 Å². The Hall–Kier alpha value is -0.640. The molecule has 0 saturated heterocycles. The van der Waals surface area contributed by atoms with Crippen LogP contribution in [0.2, 0.25) is 0 Å². The average Bonchev–Trinajstić information content (AvgIpc) is 1.85. The fourth-order valence-electron chi connectivity index (χ4n) is 0.262. The Morgan fingerprint density at radius 3 is 2.08 bits per heavy atom. The smallest absolute Gasteiger partial charge is 0.261 e. The average molecular weight is 194 g/mol. The lowest BCUT2D eigenvalue weighted by Crippen LogP contribution is -2.16. The summed E-state index contributed by atoms with van der Waals surface area (Å²) in [5, 5.41) is 8.04. The van der Waals surface area contributed by atoms with Crippen LogP contribution >= 0.6 is 0 Å². The van der Waals surface area contributed by atoms with Crippen LogP contribution in [0.3, 0.4) is 0 Å². The van der Waals surface area contributed by atoms with Crippen LogP contribution in [-0.2, 0) is 10.1 Å². The third kappa shape index (κ3) is 34.4. The van der Waals surface area contributed by atoms with E-state index in [4.69, 9.17) is 15.5 Å². The number of nitrogens with two attached hydrogens (primary N) is 1. The van der Waals surface area contributed by atoms with Crippen molar-refractivity contribution < 1.29 is 13.0 Å². The van der Waals surface area contributed by atoms with Crippen LogP contribution in [0.1, 0.15) is 19.8 Å². The van der Waals surface area contributed by atoms with Crippen LogP contribution in [0.4, 0.5) is 0 Å². The molecule has 0 aromatic carbocycles. The number of nitrogens with zero attached hydrogens (tertiary/aromatic N) is 1. The van der Waals surface area contributed by atoms with E-state index in [0.29, 0.717) is 12.7 Å². The molecule has 0 spiro atoms. The van der Waals surface area contributed by atoms with Crippen molar-refractivity contribution in [1.82, 2.24) is 0 Å². The summed E-state index contributed by atoms with van der Waals surface area (Å²) in [5.41, 5.74) is 5.36. The van der Waals surface area contributed by atoms with Gasteiger partial charge in [0.2, 0.25) is 0 Å². The molecule has 0 aliphatic carbocycles. The molecule has 6 heteroatoms. The van der Waals surface area contributed by atoms with E-state index in [1.54, 1.807) is 0 Å². The number of hydrogen-bond donors (Lipinski definition) is 2. The van der Waals surface area contributed by atoms with Gasteiger partial charge in [0.25, 0.3) is 10.1 Å². The van der Waals surface area contributed by atoms with Gasteiger partial charge in [-0.1, -0.05) is 6.92 Å². The molecule has 0 aliphatic rings. The Labute approximate surface area is 72.9 Å². The van der Waals surface area contributed by atoms with Gasteiger partial charge in [-0.05, 0) is 6.42 Å². The second kappa shape index (κ2) is 7.03. The lowest BCUT2D eigenvalue weighted by Gasteiger charge is -1.97. The van der Waals surface area contributed by atoms with Crippen LogP contribution in [-0.4, -0.2) is 25.3 Å². The SMILES string of the molecule is CC[C@@H](N)CC#N.CS(=O)(=O)O. The molecule has 0 saturated carbocycles. The van der Waals surface area contributed by atoms with Gasteiger partial charge in [-0.25, -0.2) is 0 Å². The minimum Gasteiger partial charge on any atom is -0.327 e. The molecule has 72 valence electrons. The molecule has 0 heterocycles. The van der Waals surface area contributed by atoms with Gasteiger partial charge in [-0.15, -0.1) is 0 Å². The van der Waals surface area contributed by atoms with Crippen molar-refractivity contribution in [1.29, 1.82) is 5.26 Å². The molecule has 0 rings (SSSR count). The summed E-state index contributed by atoms with van der Waals surface area (Å²) >= 11 is 0. The maximum atomic E-state index is 9.19. The van der Waals surface area contributed by atoms with E-state index in [1.165, 1.54) is 0 Å². The Morgan fingerprint density at radius 1 is 1.67 bits per heavy atom. The number of rotatable bonds is 2. The Balaban J connectivity index is 0. The first-order valence-corrected chi connectivity index (χ1v) is 5.21. The van der Waals surface area contributed by atoms with Crippen molar-refractivity contribution >= 4 is 10.1 Å². The van der Waals surface area contributed by atoms with Gasteiger partial charge in [-0.2, -0.15) is 13.7 Å². The van der Waals surface area contributed by atoms with E-state index in [0.717, 1.165) is 6.42 Å². The lowest BCUT2D eigenvalue weighted by molar-refractivity contribution is 0.490. The third-order valence-corrected chi connectivity index (χ3v) is 0.878. The van der Waals surface area contributed by atoms with Crippen LogP contribution in [0.25, 0.3) is 0 Å². The molecule has 0 fully saturated rings. The van der Waals surface area contributed by atoms with E-state index in [2.05, 4.69) is 0 Å². The van der Waals surface area contributed by atoms with E-state index in [-0.39, 0.29) is 6.04 Å². The standard InChI is InChI=1S/C5H10N2.CH4O3S/c1-2-5(7)3-4-6;1-5(2,3)4/h5H,2-3,7H2,1H3;1H3,(H,2,3,4)/t5-;/m1./s1. The van der Waals surface area contributed by atoms with Gasteiger partial charge in [0.1, 0.15) is 0 Å². The molecule has 3 N–H and O–H groups in total. The zero-order chi connectivity index (χ0) is 10.2. The molecular weight excluding hydrogens is 180 g/mol. The molecule has 5 nitrogen and oxygen atoms in total.